The van der Waals surface area contributed by atoms with Crippen molar-refractivity contribution in [2.24, 2.45) is 9.49 Å². The predicted octanol–water partition coefficient (Wildman–Crippen LogP) is 4.32. The first kappa shape index (κ1) is 22.2. The van der Waals surface area contributed by atoms with Gasteiger partial charge in [-0.25, -0.2) is 18.7 Å². The van der Waals surface area contributed by atoms with Crippen LogP contribution in [-0.4, -0.2) is 84.1 Å². The largest absolute Gasteiger partial charge is 0.261 e. The van der Waals surface area contributed by atoms with Crippen molar-refractivity contribution in [3.8, 4) is 0 Å². The van der Waals surface area contributed by atoms with Crippen LogP contribution in [0.2, 0.25) is 0 Å². The molecule has 0 N–H and O–H groups in total. The molecule has 1 rings (SSSR count). The van der Waals surface area contributed by atoms with Gasteiger partial charge in [0.2, 0.25) is 0 Å². The van der Waals surface area contributed by atoms with Crippen molar-refractivity contribution in [1.82, 2.24) is 18.7 Å². The van der Waals surface area contributed by atoms with E-state index in [1.54, 1.807) is 0 Å². The van der Waals surface area contributed by atoms with E-state index in [9.17, 15) is 0 Å². The zero-order chi connectivity index (χ0) is 18.0. The van der Waals surface area contributed by atoms with E-state index in [-0.39, 0.29) is 0 Å². The van der Waals surface area contributed by atoms with E-state index in [0.717, 1.165) is 74.0 Å². The van der Waals surface area contributed by atoms with Gasteiger partial charge in [0.05, 0.1) is 8.52 Å². The molecule has 0 amide bonds. The maximum Gasteiger partial charge on any atom is 0.167 e. The summed E-state index contributed by atoms with van der Waals surface area (Å²) in [6.07, 6.45) is 0. The summed E-state index contributed by atoms with van der Waals surface area (Å²) in [6.45, 7) is 23.8. The van der Waals surface area contributed by atoms with Crippen molar-refractivity contribution >= 4 is 16.0 Å². The number of nitrogens with zero attached hydrogens (tertiary/aromatic N) is 6. The van der Waals surface area contributed by atoms with Gasteiger partial charge in [0.15, 0.2) is 7.51 Å². The highest BCUT2D eigenvalue weighted by atomic mass is 31.2. The molecular weight excluding hydrogens is 338 g/mol. The van der Waals surface area contributed by atoms with E-state index in [0.29, 0.717) is 0 Å². The number of piperazine rings is 1. The van der Waals surface area contributed by atoms with Crippen molar-refractivity contribution < 1.29 is 0 Å². The Hall–Kier alpha value is 0.170. The summed E-state index contributed by atoms with van der Waals surface area (Å²) in [5.41, 5.74) is 0. The molecule has 0 aromatic rings. The Balaban J connectivity index is 3.14. The standard InChI is InChI=1S/C16H38N6P2/c1-7-17-23-19-13-15-22(16-14-19)24(18-8-2,20(9-3)10-4)21(11-5)12-6/h7-16H2,1-6H3. The minimum atomic E-state index is -1.78. The highest BCUT2D eigenvalue weighted by Crippen LogP contribution is 2.59. The number of rotatable bonds is 10. The fraction of sp³-hybridized carbons (Fsp3) is 1.00. The lowest BCUT2D eigenvalue weighted by Gasteiger charge is -2.50. The Morgan fingerprint density at radius 1 is 0.792 bits per heavy atom. The van der Waals surface area contributed by atoms with E-state index in [2.05, 4.69) is 65.0 Å². The maximum absolute atomic E-state index is 5.30. The molecule has 1 heterocycles. The highest BCUT2D eigenvalue weighted by molar-refractivity contribution is 7.59. The van der Waals surface area contributed by atoms with Crippen LogP contribution >= 0.6 is 16.0 Å². The van der Waals surface area contributed by atoms with E-state index in [1.165, 1.54) is 0 Å². The summed E-state index contributed by atoms with van der Waals surface area (Å²) < 4.78 is 20.2. The zero-order valence-corrected chi connectivity index (χ0v) is 18.4. The lowest BCUT2D eigenvalue weighted by atomic mass is 10.4. The molecular formula is C16H38N6P2. The molecule has 1 aliphatic heterocycles. The predicted molar refractivity (Wildman–Crippen MR) is 109 cm³/mol. The molecule has 8 heteroatoms. The molecule has 0 saturated carbocycles. The van der Waals surface area contributed by atoms with E-state index >= 15 is 0 Å². The Kier molecular flexibility index (Phi) is 10.8. The summed E-state index contributed by atoms with van der Waals surface area (Å²) in [7, 11) is -0.639. The van der Waals surface area contributed by atoms with Gasteiger partial charge in [-0.15, -0.1) is 0 Å². The highest BCUT2D eigenvalue weighted by Gasteiger charge is 2.38. The monoisotopic (exact) mass is 376 g/mol. The quantitative estimate of drug-likeness (QED) is 0.532. The molecule has 0 spiro atoms. The summed E-state index contributed by atoms with van der Waals surface area (Å²) in [5.74, 6) is 0. The van der Waals surface area contributed by atoms with Crippen molar-refractivity contribution in [2.45, 2.75) is 41.5 Å². The molecule has 0 atom stereocenters. The van der Waals surface area contributed by atoms with Gasteiger partial charge in [-0.05, 0) is 13.8 Å². The molecule has 1 aliphatic rings. The van der Waals surface area contributed by atoms with E-state index in [1.807, 2.05) is 0 Å². The molecule has 0 radical (unpaired) electrons. The van der Waals surface area contributed by atoms with Crippen molar-refractivity contribution in [1.29, 1.82) is 0 Å². The average Bonchev–Trinajstić information content (AvgIpc) is 2.62. The fourth-order valence-corrected chi connectivity index (χ4v) is 8.28. The molecule has 1 fully saturated rings. The second-order valence-corrected chi connectivity index (χ2v) is 9.81. The Morgan fingerprint density at radius 3 is 1.67 bits per heavy atom. The molecule has 0 aromatic heterocycles. The van der Waals surface area contributed by atoms with Crippen LogP contribution < -0.4 is 0 Å². The molecule has 0 aromatic carbocycles. The lowest BCUT2D eigenvalue weighted by Crippen LogP contribution is -2.48. The Morgan fingerprint density at radius 2 is 1.29 bits per heavy atom. The first-order valence-electron chi connectivity index (χ1n) is 9.60. The third kappa shape index (κ3) is 5.09. The zero-order valence-electron chi connectivity index (χ0n) is 16.6. The second-order valence-electron chi connectivity index (χ2n) is 5.73. The van der Waals surface area contributed by atoms with Gasteiger partial charge < -0.3 is 0 Å². The van der Waals surface area contributed by atoms with Crippen LogP contribution in [-0.2, 0) is 0 Å². The third-order valence-corrected chi connectivity index (χ3v) is 10.0. The number of hydrogen-bond donors (Lipinski definition) is 0. The third-order valence-electron chi connectivity index (χ3n) is 4.49. The molecule has 0 unspecified atom stereocenters. The normalized spacial score (nSPS) is 18.2. The molecule has 0 aliphatic carbocycles. The van der Waals surface area contributed by atoms with Gasteiger partial charge in [0, 0.05) is 65.4 Å². The summed E-state index contributed by atoms with van der Waals surface area (Å²) in [6, 6.07) is 0. The molecule has 6 nitrogen and oxygen atoms in total. The van der Waals surface area contributed by atoms with E-state index in [4.69, 9.17) is 4.74 Å². The second kappa shape index (κ2) is 11.7. The van der Waals surface area contributed by atoms with Crippen LogP contribution in [0.4, 0.5) is 0 Å². The molecule has 0 bridgehead atoms. The van der Waals surface area contributed by atoms with Crippen LogP contribution in [0.5, 0.6) is 0 Å². The molecule has 142 valence electrons. The Labute approximate surface area is 151 Å². The first-order valence-corrected chi connectivity index (χ1v) is 12.0. The SMILES string of the molecule is CCN=PN1CCN(P(=NCC)(N(CC)CC)N(CC)CC)CC1. The fourth-order valence-electron chi connectivity index (χ4n) is 3.40. The van der Waals surface area contributed by atoms with Gasteiger partial charge in [0.1, 0.15) is 0 Å². The van der Waals surface area contributed by atoms with Gasteiger partial charge in [-0.1, -0.05) is 27.7 Å². The van der Waals surface area contributed by atoms with Crippen LogP contribution in [0.25, 0.3) is 0 Å². The van der Waals surface area contributed by atoms with Gasteiger partial charge >= 0.3 is 0 Å². The summed E-state index contributed by atoms with van der Waals surface area (Å²) in [4.78, 5) is 0. The van der Waals surface area contributed by atoms with Gasteiger partial charge in [0.25, 0.3) is 0 Å². The molecule has 1 saturated heterocycles. The van der Waals surface area contributed by atoms with E-state index < -0.39 is 7.51 Å². The van der Waals surface area contributed by atoms with Crippen LogP contribution in [0, 0.1) is 0 Å². The summed E-state index contributed by atoms with van der Waals surface area (Å²) >= 11 is 0. The van der Waals surface area contributed by atoms with Crippen molar-refractivity contribution in [3.05, 3.63) is 0 Å². The maximum atomic E-state index is 5.30. The van der Waals surface area contributed by atoms with Crippen LogP contribution in [0.15, 0.2) is 9.49 Å². The lowest BCUT2D eigenvalue weighted by molar-refractivity contribution is 0.256. The topological polar surface area (TPSA) is 37.7 Å². The smallest absolute Gasteiger partial charge is 0.167 e. The molecule has 24 heavy (non-hydrogen) atoms. The van der Waals surface area contributed by atoms with Crippen molar-refractivity contribution in [2.75, 3.05) is 65.4 Å². The minimum Gasteiger partial charge on any atom is -0.261 e. The van der Waals surface area contributed by atoms with Crippen LogP contribution in [0.3, 0.4) is 0 Å². The average molecular weight is 376 g/mol. The van der Waals surface area contributed by atoms with Crippen LogP contribution in [0.1, 0.15) is 41.5 Å². The summed E-state index contributed by atoms with van der Waals surface area (Å²) in [5, 5.41) is 0. The minimum absolute atomic E-state index is 0.893. The van der Waals surface area contributed by atoms with Gasteiger partial charge in [-0.3, -0.25) is 9.49 Å². The van der Waals surface area contributed by atoms with Gasteiger partial charge in [-0.2, -0.15) is 0 Å². The Bertz CT molecular complexity index is 397. The van der Waals surface area contributed by atoms with Crippen molar-refractivity contribution in [3.63, 3.8) is 0 Å². The first-order chi connectivity index (χ1) is 11.6. The number of hydrogen-bond acceptors (Lipinski definition) is 2.